The molecule has 2 fully saturated rings. The van der Waals surface area contributed by atoms with E-state index in [1.165, 1.54) is 0 Å². The monoisotopic (exact) mass is 271 g/mol. The van der Waals surface area contributed by atoms with E-state index in [1.807, 2.05) is 35.2 Å². The highest BCUT2D eigenvalue weighted by molar-refractivity contribution is 5.25. The number of piperidine rings is 1. The number of aliphatic hydroxyl groups is 1. The van der Waals surface area contributed by atoms with E-state index >= 15 is 0 Å². The van der Waals surface area contributed by atoms with Gasteiger partial charge in [-0.25, -0.2) is 0 Å². The van der Waals surface area contributed by atoms with Crippen LogP contribution in [0.15, 0.2) is 30.3 Å². The first-order valence-corrected chi connectivity index (χ1v) is 6.36. The van der Waals surface area contributed by atoms with E-state index in [4.69, 9.17) is 0 Å². The zero-order valence-corrected chi connectivity index (χ0v) is 10.5. The molecule has 0 amide bonds. The number of fused-ring (bicyclic) bond motifs is 1. The van der Waals surface area contributed by atoms with Crippen LogP contribution in [0.25, 0.3) is 0 Å². The predicted molar refractivity (Wildman–Crippen MR) is 64.3 cm³/mol. The third kappa shape index (κ3) is 1.79. The van der Waals surface area contributed by atoms with Crippen molar-refractivity contribution in [3.63, 3.8) is 0 Å². The second-order valence-electron chi connectivity index (χ2n) is 5.83. The van der Waals surface area contributed by atoms with Crippen molar-refractivity contribution in [1.29, 1.82) is 0 Å². The molecule has 1 heterocycles. The highest BCUT2D eigenvalue weighted by Gasteiger charge is 2.82. The van der Waals surface area contributed by atoms with E-state index in [9.17, 15) is 18.3 Å². The molecule has 104 valence electrons. The topological polar surface area (TPSA) is 23.5 Å². The summed E-state index contributed by atoms with van der Waals surface area (Å²) >= 11 is 0. The van der Waals surface area contributed by atoms with Crippen molar-refractivity contribution >= 4 is 0 Å². The summed E-state index contributed by atoms with van der Waals surface area (Å²) in [5, 5.41) is 9.35. The Morgan fingerprint density at radius 1 is 1.16 bits per heavy atom. The van der Waals surface area contributed by atoms with E-state index in [-0.39, 0.29) is 19.6 Å². The maximum absolute atomic E-state index is 13.2. The molecule has 0 bridgehead atoms. The number of nitrogens with zero attached hydrogens (tertiary/aromatic N) is 1. The van der Waals surface area contributed by atoms with Crippen molar-refractivity contribution in [1.82, 2.24) is 4.90 Å². The van der Waals surface area contributed by atoms with Gasteiger partial charge in [-0.3, -0.25) is 4.90 Å². The van der Waals surface area contributed by atoms with Gasteiger partial charge in [-0.1, -0.05) is 30.3 Å². The number of alkyl halides is 3. The van der Waals surface area contributed by atoms with Crippen molar-refractivity contribution in [3.8, 4) is 0 Å². The van der Waals surface area contributed by atoms with Crippen LogP contribution >= 0.6 is 0 Å². The summed E-state index contributed by atoms with van der Waals surface area (Å²) in [6.45, 7) is 0.474. The minimum Gasteiger partial charge on any atom is -0.396 e. The molecule has 0 spiro atoms. The quantitative estimate of drug-likeness (QED) is 0.912. The Hall–Kier alpha value is -1.07. The standard InChI is InChI=1S/C14H16F3NO/c15-14(16,17)13-7-12(13,10-19)8-18(9-13)6-11-4-2-1-3-5-11/h1-5,19H,6-10H2. The fourth-order valence-electron chi connectivity index (χ4n) is 3.53. The van der Waals surface area contributed by atoms with Crippen LogP contribution < -0.4 is 0 Å². The second-order valence-corrected chi connectivity index (χ2v) is 5.83. The molecule has 1 aliphatic carbocycles. The summed E-state index contributed by atoms with van der Waals surface area (Å²) < 4.78 is 39.6. The number of rotatable bonds is 3. The molecular weight excluding hydrogens is 255 g/mol. The lowest BCUT2D eigenvalue weighted by Crippen LogP contribution is -2.33. The molecule has 0 aromatic heterocycles. The molecule has 1 aromatic rings. The van der Waals surface area contributed by atoms with Crippen LogP contribution in [-0.4, -0.2) is 35.9 Å². The van der Waals surface area contributed by atoms with E-state index < -0.39 is 17.0 Å². The lowest BCUT2D eigenvalue weighted by molar-refractivity contribution is -0.194. The number of benzene rings is 1. The van der Waals surface area contributed by atoms with Gasteiger partial charge in [0.05, 0.1) is 12.0 Å². The Morgan fingerprint density at radius 3 is 2.37 bits per heavy atom. The number of likely N-dealkylation sites (tertiary alicyclic amines) is 1. The van der Waals surface area contributed by atoms with Gasteiger partial charge in [-0.05, 0) is 12.0 Å². The maximum atomic E-state index is 13.2. The first kappa shape index (κ1) is 12.9. The van der Waals surface area contributed by atoms with E-state index in [0.29, 0.717) is 13.1 Å². The van der Waals surface area contributed by atoms with Gasteiger partial charge in [0.2, 0.25) is 0 Å². The van der Waals surface area contributed by atoms with Crippen molar-refractivity contribution in [2.45, 2.75) is 19.1 Å². The predicted octanol–water partition coefficient (Wildman–Crippen LogP) is 2.43. The lowest BCUT2D eigenvalue weighted by atomic mass is 9.97. The third-order valence-electron chi connectivity index (χ3n) is 4.64. The van der Waals surface area contributed by atoms with Crippen molar-refractivity contribution in [3.05, 3.63) is 35.9 Å². The van der Waals surface area contributed by atoms with Gasteiger partial charge in [-0.15, -0.1) is 0 Å². The van der Waals surface area contributed by atoms with E-state index in [2.05, 4.69) is 0 Å². The molecule has 19 heavy (non-hydrogen) atoms. The summed E-state index contributed by atoms with van der Waals surface area (Å²) in [6, 6.07) is 9.48. The van der Waals surface area contributed by atoms with Gasteiger partial charge in [0, 0.05) is 25.0 Å². The molecule has 2 unspecified atom stereocenters. The van der Waals surface area contributed by atoms with Crippen LogP contribution in [0, 0.1) is 10.8 Å². The zero-order chi connectivity index (χ0) is 13.7. The summed E-state index contributed by atoms with van der Waals surface area (Å²) in [6.07, 6.45) is -4.15. The van der Waals surface area contributed by atoms with Crippen LogP contribution in [0.3, 0.4) is 0 Å². The summed E-state index contributed by atoms with van der Waals surface area (Å²) in [5.74, 6) is 0. The summed E-state index contributed by atoms with van der Waals surface area (Å²) in [4.78, 5) is 1.81. The van der Waals surface area contributed by atoms with Crippen LogP contribution in [0.4, 0.5) is 13.2 Å². The molecule has 1 aliphatic heterocycles. The third-order valence-corrected chi connectivity index (χ3v) is 4.64. The van der Waals surface area contributed by atoms with E-state index in [0.717, 1.165) is 5.56 Å². The maximum Gasteiger partial charge on any atom is 0.396 e. The minimum atomic E-state index is -4.22. The number of hydrogen-bond acceptors (Lipinski definition) is 2. The molecule has 2 atom stereocenters. The van der Waals surface area contributed by atoms with Crippen LogP contribution in [0.1, 0.15) is 12.0 Å². The highest BCUT2D eigenvalue weighted by atomic mass is 19.4. The molecule has 2 nitrogen and oxygen atoms in total. The summed E-state index contributed by atoms with van der Waals surface area (Å²) in [7, 11) is 0. The van der Waals surface area contributed by atoms with Gasteiger partial charge in [-0.2, -0.15) is 13.2 Å². The van der Waals surface area contributed by atoms with Crippen LogP contribution in [0.2, 0.25) is 0 Å². The van der Waals surface area contributed by atoms with Gasteiger partial charge < -0.3 is 5.11 Å². The molecule has 3 rings (SSSR count). The highest BCUT2D eigenvalue weighted by Crippen LogP contribution is 2.74. The lowest BCUT2D eigenvalue weighted by Gasteiger charge is -2.22. The SMILES string of the molecule is OCC12CN(Cc3ccccc3)CC1(C(F)(F)F)C2. The molecule has 1 aromatic carbocycles. The first-order valence-electron chi connectivity index (χ1n) is 6.36. The largest absolute Gasteiger partial charge is 0.396 e. The fourth-order valence-corrected chi connectivity index (χ4v) is 3.53. The Kier molecular flexibility index (Phi) is 2.70. The van der Waals surface area contributed by atoms with Crippen molar-refractivity contribution in [2.24, 2.45) is 10.8 Å². The number of hydrogen-bond donors (Lipinski definition) is 1. The molecule has 5 heteroatoms. The Bertz CT molecular complexity index is 475. The zero-order valence-electron chi connectivity index (χ0n) is 10.5. The minimum absolute atomic E-state index is 0.00591. The average molecular weight is 271 g/mol. The van der Waals surface area contributed by atoms with Gasteiger partial charge in [0.1, 0.15) is 0 Å². The van der Waals surface area contributed by atoms with Crippen molar-refractivity contribution < 1.29 is 18.3 Å². The molecule has 1 saturated carbocycles. The normalized spacial score (nSPS) is 34.3. The average Bonchev–Trinajstić information content (AvgIpc) is 2.90. The van der Waals surface area contributed by atoms with Gasteiger partial charge in [0.15, 0.2) is 0 Å². The number of aliphatic hydroxyl groups excluding tert-OH is 1. The molecule has 2 aliphatic rings. The van der Waals surface area contributed by atoms with E-state index in [1.54, 1.807) is 0 Å². The Labute approximate surface area is 109 Å². The first-order chi connectivity index (χ1) is 8.92. The second kappa shape index (κ2) is 3.96. The van der Waals surface area contributed by atoms with Gasteiger partial charge in [0.25, 0.3) is 0 Å². The van der Waals surface area contributed by atoms with Gasteiger partial charge >= 0.3 is 6.18 Å². The van der Waals surface area contributed by atoms with Crippen molar-refractivity contribution in [2.75, 3.05) is 19.7 Å². The van der Waals surface area contributed by atoms with Crippen LogP contribution in [-0.2, 0) is 6.54 Å². The molecule has 1 N–H and O–H groups in total. The van der Waals surface area contributed by atoms with Crippen LogP contribution in [0.5, 0.6) is 0 Å². The Morgan fingerprint density at radius 2 is 1.84 bits per heavy atom. The fraction of sp³-hybridized carbons (Fsp3) is 0.571. The molecule has 1 saturated heterocycles. The smallest absolute Gasteiger partial charge is 0.396 e. The summed E-state index contributed by atoms with van der Waals surface area (Å²) in [5.41, 5.74) is -1.63. The molecular formula is C14H16F3NO. The number of halogens is 3. The molecule has 0 radical (unpaired) electrons. The Balaban J connectivity index is 1.76.